The van der Waals surface area contributed by atoms with Crippen molar-refractivity contribution >= 4 is 9.84 Å². The summed E-state index contributed by atoms with van der Waals surface area (Å²) < 4.78 is 80.2. The van der Waals surface area contributed by atoms with Crippen LogP contribution in [0.3, 0.4) is 0 Å². The standard InChI is InChI=1S/C15H12F4O3S/c16-14(17,13(20)11-7-3-1-4-8-11)15(18,19)23(21,22)12-9-5-2-6-10-12/h1-10,13,20H. The predicted octanol–water partition coefficient (Wildman–Crippen LogP) is 3.42. The van der Waals surface area contributed by atoms with Crippen molar-refractivity contribution in [3.05, 3.63) is 66.2 Å². The number of halogens is 4. The third-order valence-electron chi connectivity index (χ3n) is 3.24. The van der Waals surface area contributed by atoms with Gasteiger partial charge in [0.1, 0.15) is 6.10 Å². The van der Waals surface area contributed by atoms with E-state index in [9.17, 15) is 31.1 Å². The number of benzene rings is 2. The molecule has 0 saturated carbocycles. The minimum atomic E-state index is -5.69. The Labute approximate surface area is 130 Å². The second-order valence-corrected chi connectivity index (χ2v) is 6.76. The maximum atomic E-state index is 14.1. The molecule has 1 unspecified atom stereocenters. The van der Waals surface area contributed by atoms with Crippen molar-refractivity contribution in [3.63, 3.8) is 0 Å². The summed E-state index contributed by atoms with van der Waals surface area (Å²) in [6, 6.07) is 11.2. The van der Waals surface area contributed by atoms with Crippen molar-refractivity contribution in [1.29, 1.82) is 0 Å². The van der Waals surface area contributed by atoms with Gasteiger partial charge in [0, 0.05) is 0 Å². The highest BCUT2D eigenvalue weighted by Gasteiger charge is 2.69. The third kappa shape index (κ3) is 2.84. The van der Waals surface area contributed by atoms with Gasteiger partial charge in [0.05, 0.1) is 4.90 Å². The van der Waals surface area contributed by atoms with Gasteiger partial charge in [0.2, 0.25) is 9.84 Å². The maximum absolute atomic E-state index is 14.1. The maximum Gasteiger partial charge on any atom is 0.414 e. The van der Waals surface area contributed by atoms with Gasteiger partial charge in [0.15, 0.2) is 0 Å². The van der Waals surface area contributed by atoms with E-state index in [2.05, 4.69) is 0 Å². The Kier molecular flexibility index (Phi) is 4.50. The molecule has 0 amide bonds. The second kappa shape index (κ2) is 5.93. The molecule has 0 heterocycles. The number of aliphatic hydroxyl groups excluding tert-OH is 1. The van der Waals surface area contributed by atoms with E-state index in [1.54, 1.807) is 0 Å². The van der Waals surface area contributed by atoms with Gasteiger partial charge in [0.25, 0.3) is 0 Å². The number of alkyl halides is 4. The summed E-state index contributed by atoms with van der Waals surface area (Å²) in [4.78, 5) is -0.954. The molecule has 8 heteroatoms. The summed E-state index contributed by atoms with van der Waals surface area (Å²) in [5.41, 5.74) is -0.513. The molecule has 3 nitrogen and oxygen atoms in total. The van der Waals surface area contributed by atoms with Crippen molar-refractivity contribution in [3.8, 4) is 0 Å². The van der Waals surface area contributed by atoms with E-state index in [0.717, 1.165) is 36.4 Å². The fraction of sp³-hybridized carbons (Fsp3) is 0.200. The molecule has 2 rings (SSSR count). The van der Waals surface area contributed by atoms with Gasteiger partial charge in [-0.15, -0.1) is 0 Å². The molecule has 1 N–H and O–H groups in total. The minimum absolute atomic E-state index is 0.513. The van der Waals surface area contributed by atoms with Gasteiger partial charge >= 0.3 is 11.2 Å². The number of rotatable bonds is 5. The van der Waals surface area contributed by atoms with Crippen LogP contribution in [0.1, 0.15) is 11.7 Å². The molecule has 2 aromatic rings. The van der Waals surface area contributed by atoms with Gasteiger partial charge in [-0.05, 0) is 17.7 Å². The van der Waals surface area contributed by atoms with E-state index in [1.807, 2.05) is 0 Å². The van der Waals surface area contributed by atoms with Crippen LogP contribution in [0.25, 0.3) is 0 Å². The molecule has 124 valence electrons. The number of hydrogen-bond acceptors (Lipinski definition) is 3. The van der Waals surface area contributed by atoms with E-state index in [-0.39, 0.29) is 0 Å². The first-order valence-electron chi connectivity index (χ1n) is 6.40. The number of hydrogen-bond donors (Lipinski definition) is 1. The Hall–Kier alpha value is -1.93. The van der Waals surface area contributed by atoms with Gasteiger partial charge < -0.3 is 5.11 Å². The number of sulfone groups is 1. The number of aliphatic hydroxyl groups is 1. The first-order chi connectivity index (χ1) is 10.6. The highest BCUT2D eigenvalue weighted by atomic mass is 32.2. The Morgan fingerprint density at radius 1 is 0.826 bits per heavy atom. The van der Waals surface area contributed by atoms with Crippen molar-refractivity contribution in [2.24, 2.45) is 0 Å². The van der Waals surface area contributed by atoms with Gasteiger partial charge in [-0.1, -0.05) is 48.5 Å². The average molecular weight is 348 g/mol. The molecule has 0 aliphatic heterocycles. The molecule has 23 heavy (non-hydrogen) atoms. The summed E-state index contributed by atoms with van der Waals surface area (Å²) in [6.07, 6.45) is -2.97. The van der Waals surface area contributed by atoms with Gasteiger partial charge in [-0.25, -0.2) is 8.42 Å². The monoisotopic (exact) mass is 348 g/mol. The molecule has 1 atom stereocenters. The van der Waals surface area contributed by atoms with Crippen molar-refractivity contribution < 1.29 is 31.1 Å². The Bertz CT molecular complexity index is 762. The Morgan fingerprint density at radius 2 is 1.26 bits per heavy atom. The SMILES string of the molecule is O=S(=O)(c1ccccc1)C(F)(F)C(F)(F)C(O)c1ccccc1. The van der Waals surface area contributed by atoms with Crippen LogP contribution in [-0.4, -0.2) is 24.7 Å². The second-order valence-electron chi connectivity index (χ2n) is 4.77. The quantitative estimate of drug-likeness (QED) is 0.843. The van der Waals surface area contributed by atoms with Crippen LogP contribution in [0, 0.1) is 0 Å². The van der Waals surface area contributed by atoms with E-state index in [1.165, 1.54) is 24.3 Å². The van der Waals surface area contributed by atoms with E-state index in [0.29, 0.717) is 0 Å². The van der Waals surface area contributed by atoms with Gasteiger partial charge in [-0.2, -0.15) is 17.6 Å². The molecule has 0 bridgehead atoms. The Morgan fingerprint density at radius 3 is 1.74 bits per heavy atom. The van der Waals surface area contributed by atoms with Crippen LogP contribution < -0.4 is 0 Å². The largest absolute Gasteiger partial charge is 0.414 e. The highest BCUT2D eigenvalue weighted by molar-refractivity contribution is 7.92. The lowest BCUT2D eigenvalue weighted by Crippen LogP contribution is -2.50. The summed E-state index contributed by atoms with van der Waals surface area (Å²) >= 11 is 0. The lowest BCUT2D eigenvalue weighted by atomic mass is 10.0. The van der Waals surface area contributed by atoms with Crippen molar-refractivity contribution in [2.75, 3.05) is 0 Å². The summed E-state index contributed by atoms with van der Waals surface area (Å²) in [7, 11) is -5.69. The molecule has 0 radical (unpaired) electrons. The molecule has 2 aromatic carbocycles. The fourth-order valence-corrected chi connectivity index (χ4v) is 3.21. The third-order valence-corrected chi connectivity index (χ3v) is 5.08. The van der Waals surface area contributed by atoms with Crippen LogP contribution in [0.5, 0.6) is 0 Å². The predicted molar refractivity (Wildman–Crippen MR) is 74.9 cm³/mol. The zero-order valence-corrected chi connectivity index (χ0v) is 12.4. The van der Waals surface area contributed by atoms with Crippen LogP contribution in [-0.2, 0) is 9.84 Å². The van der Waals surface area contributed by atoms with Crippen LogP contribution in [0.15, 0.2) is 65.6 Å². The summed E-state index contributed by atoms with van der Waals surface area (Å²) in [5, 5.41) is 4.11. The first kappa shape index (κ1) is 17.4. The molecule has 0 aliphatic carbocycles. The topological polar surface area (TPSA) is 54.4 Å². The highest BCUT2D eigenvalue weighted by Crippen LogP contribution is 2.48. The molecular formula is C15H12F4O3S. The van der Waals surface area contributed by atoms with Crippen molar-refractivity contribution in [2.45, 2.75) is 22.2 Å². The molecule has 0 spiro atoms. The van der Waals surface area contributed by atoms with E-state index >= 15 is 0 Å². The van der Waals surface area contributed by atoms with Crippen LogP contribution >= 0.6 is 0 Å². The molecule has 0 saturated heterocycles. The lowest BCUT2D eigenvalue weighted by Gasteiger charge is -2.30. The zero-order chi connectivity index (χ0) is 17.3. The molecular weight excluding hydrogens is 336 g/mol. The Balaban J connectivity index is 2.49. The minimum Gasteiger partial charge on any atom is -0.382 e. The van der Waals surface area contributed by atoms with E-state index < -0.39 is 37.6 Å². The first-order valence-corrected chi connectivity index (χ1v) is 7.89. The smallest absolute Gasteiger partial charge is 0.382 e. The average Bonchev–Trinajstić information content (AvgIpc) is 2.55. The zero-order valence-electron chi connectivity index (χ0n) is 11.5. The molecule has 0 aliphatic rings. The lowest BCUT2D eigenvalue weighted by molar-refractivity contribution is -0.215. The van der Waals surface area contributed by atoms with Gasteiger partial charge in [-0.3, -0.25) is 0 Å². The molecule has 0 aromatic heterocycles. The summed E-state index contributed by atoms with van der Waals surface area (Å²) in [6.45, 7) is 0. The van der Waals surface area contributed by atoms with Crippen LogP contribution in [0.2, 0.25) is 0 Å². The van der Waals surface area contributed by atoms with Crippen molar-refractivity contribution in [1.82, 2.24) is 0 Å². The fourth-order valence-electron chi connectivity index (χ4n) is 1.93. The molecule has 0 fully saturated rings. The normalized spacial score (nSPS) is 14.5. The van der Waals surface area contributed by atoms with Crippen LogP contribution in [0.4, 0.5) is 17.6 Å². The van der Waals surface area contributed by atoms with E-state index in [4.69, 9.17) is 0 Å². The summed E-state index contributed by atoms with van der Waals surface area (Å²) in [5.74, 6) is -5.22.